The van der Waals surface area contributed by atoms with Crippen molar-refractivity contribution in [3.8, 4) is 0 Å². The molecule has 0 unspecified atom stereocenters. The topological polar surface area (TPSA) is 54.9 Å². The van der Waals surface area contributed by atoms with Gasteiger partial charge in [0, 0.05) is 12.8 Å². The Bertz CT molecular complexity index is 413. The number of carbonyl (C=O) groups is 1. The lowest BCUT2D eigenvalue weighted by Gasteiger charge is -2.16. The van der Waals surface area contributed by atoms with E-state index in [-0.39, 0.29) is 16.7 Å². The monoisotopic (exact) mass is 269 g/mol. The van der Waals surface area contributed by atoms with Crippen molar-refractivity contribution in [3.05, 3.63) is 5.01 Å². The molecule has 0 aliphatic carbocycles. The number of aromatic nitrogens is 2. The van der Waals surface area contributed by atoms with Crippen LogP contribution in [0.15, 0.2) is 0 Å². The predicted molar refractivity (Wildman–Crippen MR) is 75.8 cm³/mol. The second-order valence-electron chi connectivity index (χ2n) is 7.02. The zero-order chi connectivity index (χ0) is 14.0. The molecule has 0 aliphatic heterocycles. The molecule has 1 rings (SSSR count). The third-order valence-electron chi connectivity index (χ3n) is 2.09. The van der Waals surface area contributed by atoms with E-state index in [0.29, 0.717) is 11.6 Å². The van der Waals surface area contributed by atoms with Crippen molar-refractivity contribution in [2.24, 2.45) is 10.8 Å². The number of rotatable bonds is 3. The van der Waals surface area contributed by atoms with E-state index in [1.54, 1.807) is 0 Å². The van der Waals surface area contributed by atoms with Gasteiger partial charge in [-0.15, -0.1) is 10.2 Å². The third kappa shape index (κ3) is 6.10. The average Bonchev–Trinajstić information content (AvgIpc) is 2.44. The molecule has 4 nitrogen and oxygen atoms in total. The van der Waals surface area contributed by atoms with Gasteiger partial charge in [-0.3, -0.25) is 4.79 Å². The minimum absolute atomic E-state index is 0.000888. The predicted octanol–water partition coefficient (Wildman–Crippen LogP) is 3.50. The lowest BCUT2D eigenvalue weighted by Crippen LogP contribution is -2.19. The molecule has 0 aliphatic rings. The Hall–Kier alpha value is -0.970. The van der Waals surface area contributed by atoms with E-state index in [0.717, 1.165) is 11.4 Å². The van der Waals surface area contributed by atoms with Gasteiger partial charge < -0.3 is 5.32 Å². The fraction of sp³-hybridized carbons (Fsp3) is 0.769. The van der Waals surface area contributed by atoms with Gasteiger partial charge in [-0.25, -0.2) is 0 Å². The zero-order valence-electron chi connectivity index (χ0n) is 12.1. The summed E-state index contributed by atoms with van der Waals surface area (Å²) in [7, 11) is 0. The summed E-state index contributed by atoms with van der Waals surface area (Å²) in [6.45, 7) is 12.6. The summed E-state index contributed by atoms with van der Waals surface area (Å²) in [6.07, 6.45) is 1.36. The molecule has 1 amide bonds. The first-order chi connectivity index (χ1) is 8.05. The van der Waals surface area contributed by atoms with E-state index in [1.165, 1.54) is 11.3 Å². The van der Waals surface area contributed by atoms with Gasteiger partial charge in [-0.2, -0.15) is 0 Å². The quantitative estimate of drug-likeness (QED) is 0.913. The first-order valence-corrected chi connectivity index (χ1v) is 6.99. The molecule has 5 heteroatoms. The summed E-state index contributed by atoms with van der Waals surface area (Å²) in [6, 6.07) is 0. The molecule has 1 heterocycles. The van der Waals surface area contributed by atoms with Gasteiger partial charge in [0.25, 0.3) is 0 Å². The van der Waals surface area contributed by atoms with Crippen LogP contribution in [0.1, 0.15) is 53.0 Å². The van der Waals surface area contributed by atoms with Crippen LogP contribution in [0.25, 0.3) is 0 Å². The average molecular weight is 269 g/mol. The number of carbonyl (C=O) groups excluding carboxylic acids is 1. The highest BCUT2D eigenvalue weighted by Gasteiger charge is 2.18. The van der Waals surface area contributed by atoms with Crippen molar-refractivity contribution in [1.82, 2.24) is 10.2 Å². The van der Waals surface area contributed by atoms with Crippen molar-refractivity contribution >= 4 is 22.4 Å². The highest BCUT2D eigenvalue weighted by atomic mass is 32.1. The van der Waals surface area contributed by atoms with Crippen LogP contribution in [-0.2, 0) is 11.2 Å². The molecular formula is C13H23N3OS. The van der Waals surface area contributed by atoms with Crippen LogP contribution in [-0.4, -0.2) is 16.1 Å². The number of hydrogen-bond donors (Lipinski definition) is 1. The summed E-state index contributed by atoms with van der Waals surface area (Å²) in [5.41, 5.74) is 0.176. The van der Waals surface area contributed by atoms with Crippen LogP contribution in [0.5, 0.6) is 0 Å². The molecule has 0 saturated carbocycles. The lowest BCUT2D eigenvalue weighted by molar-refractivity contribution is -0.117. The normalized spacial score (nSPS) is 12.6. The number of nitrogens with zero attached hydrogens (tertiary/aromatic N) is 2. The first kappa shape index (κ1) is 15.1. The van der Waals surface area contributed by atoms with E-state index >= 15 is 0 Å². The van der Waals surface area contributed by atoms with Gasteiger partial charge in [-0.1, -0.05) is 52.9 Å². The van der Waals surface area contributed by atoms with Crippen molar-refractivity contribution in [1.29, 1.82) is 0 Å². The number of amides is 1. The van der Waals surface area contributed by atoms with Gasteiger partial charge in [0.15, 0.2) is 0 Å². The molecule has 1 aromatic heterocycles. The molecule has 18 heavy (non-hydrogen) atoms. The van der Waals surface area contributed by atoms with Crippen LogP contribution in [0.2, 0.25) is 0 Å². The van der Waals surface area contributed by atoms with E-state index in [4.69, 9.17) is 0 Å². The van der Waals surface area contributed by atoms with Crippen molar-refractivity contribution in [2.45, 2.75) is 54.4 Å². The Balaban J connectivity index is 2.57. The Morgan fingerprint density at radius 1 is 1.11 bits per heavy atom. The second-order valence-corrected chi connectivity index (χ2v) is 8.09. The van der Waals surface area contributed by atoms with E-state index in [2.05, 4.69) is 36.3 Å². The summed E-state index contributed by atoms with van der Waals surface area (Å²) in [4.78, 5) is 11.8. The van der Waals surface area contributed by atoms with Gasteiger partial charge in [0.05, 0.1) is 0 Å². The minimum Gasteiger partial charge on any atom is -0.301 e. The molecule has 1 aromatic rings. The van der Waals surface area contributed by atoms with Crippen molar-refractivity contribution < 1.29 is 4.79 Å². The minimum atomic E-state index is -0.0109. The van der Waals surface area contributed by atoms with Crippen LogP contribution in [0.3, 0.4) is 0 Å². The fourth-order valence-corrected chi connectivity index (χ4v) is 2.53. The molecule has 0 radical (unpaired) electrons. The Kier molecular flexibility index (Phi) is 4.48. The first-order valence-electron chi connectivity index (χ1n) is 6.17. The SMILES string of the molecule is CC(C)(C)CC(=O)Nc1nnc(CC(C)(C)C)s1. The zero-order valence-corrected chi connectivity index (χ0v) is 12.9. The number of nitrogens with one attached hydrogen (secondary N) is 1. The highest BCUT2D eigenvalue weighted by Crippen LogP contribution is 2.25. The summed E-state index contributed by atoms with van der Waals surface area (Å²) in [5.74, 6) is 0.000888. The molecule has 0 spiro atoms. The summed E-state index contributed by atoms with van der Waals surface area (Å²) >= 11 is 1.46. The van der Waals surface area contributed by atoms with E-state index < -0.39 is 0 Å². The lowest BCUT2D eigenvalue weighted by atomic mass is 9.92. The molecule has 0 fully saturated rings. The van der Waals surface area contributed by atoms with Crippen LogP contribution < -0.4 is 5.32 Å². The Morgan fingerprint density at radius 2 is 1.72 bits per heavy atom. The fourth-order valence-electron chi connectivity index (χ4n) is 1.47. The molecular weight excluding hydrogens is 246 g/mol. The molecule has 0 atom stereocenters. The number of anilines is 1. The molecule has 0 bridgehead atoms. The molecule has 102 valence electrons. The maximum absolute atomic E-state index is 11.8. The van der Waals surface area contributed by atoms with Crippen molar-refractivity contribution in [2.75, 3.05) is 5.32 Å². The van der Waals surface area contributed by atoms with Crippen LogP contribution >= 0.6 is 11.3 Å². The maximum Gasteiger partial charge on any atom is 0.226 e. The molecule has 1 N–H and O–H groups in total. The smallest absolute Gasteiger partial charge is 0.226 e. The van der Waals surface area contributed by atoms with Crippen molar-refractivity contribution in [3.63, 3.8) is 0 Å². The second kappa shape index (κ2) is 5.34. The highest BCUT2D eigenvalue weighted by molar-refractivity contribution is 7.15. The summed E-state index contributed by atoms with van der Waals surface area (Å²) in [5, 5.41) is 12.5. The Labute approximate surface area is 113 Å². The standard InChI is InChI=1S/C13H23N3OS/c1-12(2,3)7-9(17)14-11-16-15-10(18-11)8-13(4,5)6/h7-8H2,1-6H3,(H,14,16,17). The van der Waals surface area contributed by atoms with Gasteiger partial charge in [0.2, 0.25) is 11.0 Å². The van der Waals surface area contributed by atoms with Gasteiger partial charge >= 0.3 is 0 Å². The summed E-state index contributed by atoms with van der Waals surface area (Å²) < 4.78 is 0. The van der Waals surface area contributed by atoms with E-state index in [1.807, 2.05) is 20.8 Å². The Morgan fingerprint density at radius 3 is 2.22 bits per heavy atom. The van der Waals surface area contributed by atoms with Gasteiger partial charge in [0.1, 0.15) is 5.01 Å². The van der Waals surface area contributed by atoms with Crippen LogP contribution in [0.4, 0.5) is 5.13 Å². The third-order valence-corrected chi connectivity index (χ3v) is 2.92. The maximum atomic E-state index is 11.8. The van der Waals surface area contributed by atoms with E-state index in [9.17, 15) is 4.79 Å². The van der Waals surface area contributed by atoms with Gasteiger partial charge in [-0.05, 0) is 10.8 Å². The largest absolute Gasteiger partial charge is 0.301 e. The van der Waals surface area contributed by atoms with Crippen LogP contribution in [0, 0.1) is 10.8 Å². The number of hydrogen-bond acceptors (Lipinski definition) is 4. The molecule has 0 saturated heterocycles. The molecule has 0 aromatic carbocycles.